The number of ketones is 1. The Morgan fingerprint density at radius 1 is 1.28 bits per heavy atom. The summed E-state index contributed by atoms with van der Waals surface area (Å²) in [7, 11) is 1.26. The molecule has 0 aliphatic heterocycles. The van der Waals surface area contributed by atoms with Crippen molar-refractivity contribution in [3.8, 4) is 0 Å². The van der Waals surface area contributed by atoms with Gasteiger partial charge in [-0.2, -0.15) is 0 Å². The minimum atomic E-state index is -0.591. The number of thiophene rings is 1. The number of hydrogen-bond donors (Lipinski definition) is 1. The van der Waals surface area contributed by atoms with Crippen LogP contribution >= 0.6 is 34.5 Å². The molecule has 25 heavy (non-hydrogen) atoms. The fourth-order valence-electron chi connectivity index (χ4n) is 3.10. The SMILES string of the molecule is COC(=O)c1c(NC(=O)[C@H]2[C@@H](C=C(Cl)Cl)C2(C)C)sc(C(C)=O)c1C. The highest BCUT2D eigenvalue weighted by atomic mass is 35.5. The molecule has 0 aromatic carbocycles. The second kappa shape index (κ2) is 7.09. The molecule has 1 saturated carbocycles. The number of nitrogens with one attached hydrogen (secondary N) is 1. The van der Waals surface area contributed by atoms with Gasteiger partial charge in [0.15, 0.2) is 5.78 Å². The molecule has 1 aliphatic carbocycles. The minimum absolute atomic E-state index is 0.0904. The molecular weight excluding hydrogens is 385 g/mol. The number of halogens is 2. The highest BCUT2D eigenvalue weighted by Gasteiger charge is 2.60. The van der Waals surface area contributed by atoms with E-state index < -0.39 is 5.97 Å². The van der Waals surface area contributed by atoms with E-state index in [1.165, 1.54) is 14.0 Å². The quantitative estimate of drug-likeness (QED) is 0.576. The number of carbonyl (C=O) groups excluding carboxylic acids is 3. The van der Waals surface area contributed by atoms with Crippen LogP contribution in [0.5, 0.6) is 0 Å². The van der Waals surface area contributed by atoms with Gasteiger partial charge in [0.25, 0.3) is 0 Å². The molecule has 1 fully saturated rings. The maximum Gasteiger partial charge on any atom is 0.341 e. The van der Waals surface area contributed by atoms with Gasteiger partial charge >= 0.3 is 5.97 Å². The van der Waals surface area contributed by atoms with Crippen LogP contribution in [0.3, 0.4) is 0 Å². The average molecular weight is 404 g/mol. The summed E-state index contributed by atoms with van der Waals surface area (Å²) in [5.41, 5.74) is 0.433. The first-order valence-electron chi connectivity index (χ1n) is 7.58. The Labute approximate surface area is 160 Å². The molecule has 2 atom stereocenters. The van der Waals surface area contributed by atoms with Crippen molar-refractivity contribution in [1.82, 2.24) is 0 Å². The van der Waals surface area contributed by atoms with Gasteiger partial charge in [0.2, 0.25) is 5.91 Å². The maximum atomic E-state index is 12.7. The summed E-state index contributed by atoms with van der Waals surface area (Å²) in [6, 6.07) is 0. The van der Waals surface area contributed by atoms with Crippen molar-refractivity contribution in [2.45, 2.75) is 27.7 Å². The van der Waals surface area contributed by atoms with Crippen molar-refractivity contribution in [3.05, 3.63) is 26.6 Å². The van der Waals surface area contributed by atoms with Crippen LogP contribution in [-0.2, 0) is 9.53 Å². The molecule has 1 N–H and O–H groups in total. The number of hydrogen-bond acceptors (Lipinski definition) is 5. The number of Topliss-reactive ketones (excluding diaryl/α,β-unsaturated/α-hetero) is 1. The van der Waals surface area contributed by atoms with E-state index in [1.54, 1.807) is 13.0 Å². The van der Waals surface area contributed by atoms with E-state index in [9.17, 15) is 14.4 Å². The smallest absolute Gasteiger partial charge is 0.341 e. The zero-order valence-electron chi connectivity index (χ0n) is 14.5. The van der Waals surface area contributed by atoms with E-state index in [-0.39, 0.29) is 39.0 Å². The van der Waals surface area contributed by atoms with Gasteiger partial charge in [0, 0.05) is 0 Å². The van der Waals surface area contributed by atoms with E-state index in [4.69, 9.17) is 27.9 Å². The van der Waals surface area contributed by atoms with Crippen molar-refractivity contribution >= 4 is 57.2 Å². The lowest BCUT2D eigenvalue weighted by Gasteiger charge is -2.07. The van der Waals surface area contributed by atoms with Gasteiger partial charge in [-0.3, -0.25) is 9.59 Å². The Morgan fingerprint density at radius 2 is 1.88 bits per heavy atom. The molecule has 8 heteroatoms. The Balaban J connectivity index is 2.33. The molecule has 0 radical (unpaired) electrons. The second-order valence-electron chi connectivity index (χ2n) is 6.58. The molecule has 0 saturated heterocycles. The third kappa shape index (κ3) is 3.76. The second-order valence-corrected chi connectivity index (χ2v) is 8.61. The third-order valence-electron chi connectivity index (χ3n) is 4.59. The molecule has 0 spiro atoms. The van der Waals surface area contributed by atoms with E-state index in [1.807, 2.05) is 13.8 Å². The summed E-state index contributed by atoms with van der Waals surface area (Å²) in [5, 5.41) is 3.10. The predicted octanol–water partition coefficient (Wildman–Crippen LogP) is 4.58. The first-order valence-corrected chi connectivity index (χ1v) is 9.15. The standard InChI is InChI=1S/C17H19Cl2NO4S/c1-7-11(16(23)24-5)15(25-13(7)8(2)21)20-14(22)12-9(6-10(18)19)17(12,3)4/h6,9,12H,1-5H3,(H,20,22)/t9-,12-/m1/s1. The van der Waals surface area contributed by atoms with E-state index in [0.29, 0.717) is 15.4 Å². The molecule has 0 unspecified atom stereocenters. The lowest BCUT2D eigenvalue weighted by molar-refractivity contribution is -0.118. The summed E-state index contributed by atoms with van der Waals surface area (Å²) >= 11 is 12.5. The van der Waals surface area contributed by atoms with Crippen LogP contribution in [0.25, 0.3) is 0 Å². The zero-order valence-corrected chi connectivity index (χ0v) is 16.9. The Kier molecular flexibility index (Phi) is 5.66. The van der Waals surface area contributed by atoms with Gasteiger partial charge < -0.3 is 10.1 Å². The minimum Gasteiger partial charge on any atom is -0.465 e. The number of carbonyl (C=O) groups is 3. The van der Waals surface area contributed by atoms with E-state index >= 15 is 0 Å². The topological polar surface area (TPSA) is 72.5 Å². The predicted molar refractivity (Wildman–Crippen MR) is 99.6 cm³/mol. The fourth-order valence-corrected chi connectivity index (χ4v) is 4.46. The molecule has 1 heterocycles. The molecule has 1 aromatic rings. The Morgan fingerprint density at radius 3 is 2.36 bits per heavy atom. The van der Waals surface area contributed by atoms with Crippen LogP contribution in [0.2, 0.25) is 0 Å². The molecule has 0 bridgehead atoms. The lowest BCUT2D eigenvalue weighted by atomic mass is 10.1. The van der Waals surface area contributed by atoms with Gasteiger partial charge in [0.1, 0.15) is 9.49 Å². The fraction of sp³-hybridized carbons (Fsp3) is 0.471. The number of ether oxygens (including phenoxy) is 1. The van der Waals surface area contributed by atoms with Crippen molar-refractivity contribution in [2.24, 2.45) is 17.3 Å². The number of rotatable bonds is 5. The molecule has 2 rings (SSSR count). The molecular formula is C17H19Cl2NO4S. The first kappa shape index (κ1) is 19.9. The number of amides is 1. The average Bonchev–Trinajstić information content (AvgIpc) is 2.85. The van der Waals surface area contributed by atoms with Crippen LogP contribution in [0.15, 0.2) is 10.6 Å². The van der Waals surface area contributed by atoms with Crippen LogP contribution < -0.4 is 5.32 Å². The highest BCUT2D eigenvalue weighted by molar-refractivity contribution is 7.18. The summed E-state index contributed by atoms with van der Waals surface area (Å²) in [6.45, 7) is 6.96. The van der Waals surface area contributed by atoms with Gasteiger partial charge in [-0.15, -0.1) is 11.3 Å². The van der Waals surface area contributed by atoms with Crippen molar-refractivity contribution in [2.75, 3.05) is 12.4 Å². The number of allylic oxidation sites excluding steroid dienone is 1. The first-order chi connectivity index (χ1) is 11.5. The summed E-state index contributed by atoms with van der Waals surface area (Å²) in [6.07, 6.45) is 1.65. The van der Waals surface area contributed by atoms with Crippen molar-refractivity contribution < 1.29 is 19.1 Å². The summed E-state index contributed by atoms with van der Waals surface area (Å²) in [4.78, 5) is 36.9. The van der Waals surface area contributed by atoms with Gasteiger partial charge in [-0.05, 0) is 36.8 Å². The third-order valence-corrected chi connectivity index (χ3v) is 6.15. The van der Waals surface area contributed by atoms with Gasteiger partial charge in [-0.1, -0.05) is 37.0 Å². The number of anilines is 1. The number of methoxy groups -OCH3 is 1. The Bertz CT molecular complexity index is 778. The summed E-state index contributed by atoms with van der Waals surface area (Å²) < 4.78 is 4.90. The lowest BCUT2D eigenvalue weighted by Crippen LogP contribution is -2.18. The largest absolute Gasteiger partial charge is 0.465 e. The number of esters is 1. The van der Waals surface area contributed by atoms with E-state index in [0.717, 1.165) is 11.3 Å². The normalized spacial score (nSPS) is 20.6. The van der Waals surface area contributed by atoms with Crippen LogP contribution in [0.4, 0.5) is 5.00 Å². The van der Waals surface area contributed by atoms with Crippen LogP contribution in [-0.4, -0.2) is 24.8 Å². The molecule has 1 aliphatic rings. The van der Waals surface area contributed by atoms with Crippen molar-refractivity contribution in [1.29, 1.82) is 0 Å². The zero-order chi connectivity index (χ0) is 19.1. The molecule has 136 valence electrons. The van der Waals surface area contributed by atoms with Gasteiger partial charge in [0.05, 0.1) is 23.5 Å². The Hall–Kier alpha value is -1.37. The molecule has 1 aromatic heterocycles. The van der Waals surface area contributed by atoms with E-state index in [2.05, 4.69) is 5.32 Å². The van der Waals surface area contributed by atoms with Crippen LogP contribution in [0, 0.1) is 24.2 Å². The van der Waals surface area contributed by atoms with Crippen molar-refractivity contribution in [3.63, 3.8) is 0 Å². The van der Waals surface area contributed by atoms with Crippen LogP contribution in [0.1, 0.15) is 46.4 Å². The molecule has 5 nitrogen and oxygen atoms in total. The summed E-state index contributed by atoms with van der Waals surface area (Å²) in [5.74, 6) is -1.43. The maximum absolute atomic E-state index is 12.7. The highest BCUT2D eigenvalue weighted by Crippen LogP contribution is 2.60. The molecule has 1 amide bonds. The monoisotopic (exact) mass is 403 g/mol. The van der Waals surface area contributed by atoms with Gasteiger partial charge in [-0.25, -0.2) is 4.79 Å².